The smallest absolute Gasteiger partial charge is 0.342 e. The Morgan fingerprint density at radius 1 is 1.22 bits per heavy atom. The first-order chi connectivity index (χ1) is 17.0. The summed E-state index contributed by atoms with van der Waals surface area (Å²) in [5.41, 5.74) is 0.128. The van der Waals surface area contributed by atoms with Crippen molar-refractivity contribution in [3.8, 4) is 5.88 Å². The monoisotopic (exact) mass is 501 g/mol. The Kier molecular flexibility index (Phi) is 8.41. The highest BCUT2D eigenvalue weighted by atomic mass is 19.2. The van der Waals surface area contributed by atoms with Crippen LogP contribution >= 0.6 is 0 Å². The van der Waals surface area contributed by atoms with E-state index in [0.29, 0.717) is 11.3 Å². The van der Waals surface area contributed by atoms with Gasteiger partial charge in [-0.25, -0.2) is 18.6 Å². The lowest BCUT2D eigenvalue weighted by molar-refractivity contribution is -0.140. The fourth-order valence-corrected chi connectivity index (χ4v) is 3.68. The number of carbonyl (C=O) groups excluding carboxylic acids is 2. The number of carbonyl (C=O) groups is 2. The molecule has 0 radical (unpaired) electrons. The van der Waals surface area contributed by atoms with Gasteiger partial charge in [0.05, 0.1) is 24.0 Å². The fourth-order valence-electron chi connectivity index (χ4n) is 3.68. The number of fused-ring (bicyclic) bond motifs is 1. The average Bonchev–Trinajstić information content (AvgIpc) is 2.86. The number of esters is 1. The van der Waals surface area contributed by atoms with E-state index >= 15 is 0 Å². The molecule has 3 rings (SSSR count). The molecule has 1 aliphatic heterocycles. The second-order valence-corrected chi connectivity index (χ2v) is 9.07. The van der Waals surface area contributed by atoms with E-state index in [1.54, 1.807) is 32.2 Å². The van der Waals surface area contributed by atoms with Gasteiger partial charge in [0.2, 0.25) is 5.88 Å². The largest absolute Gasteiger partial charge is 0.475 e. The van der Waals surface area contributed by atoms with Crippen LogP contribution < -0.4 is 4.74 Å². The van der Waals surface area contributed by atoms with Crippen molar-refractivity contribution in [2.75, 3.05) is 19.8 Å². The first-order valence-corrected chi connectivity index (χ1v) is 11.4. The average molecular weight is 502 g/mol. The zero-order valence-electron chi connectivity index (χ0n) is 20.5. The van der Waals surface area contributed by atoms with Gasteiger partial charge in [-0.1, -0.05) is 13.8 Å². The third-order valence-electron chi connectivity index (χ3n) is 5.33. The number of nitrogens with one attached hydrogen (secondary N) is 1. The van der Waals surface area contributed by atoms with E-state index in [0.717, 1.165) is 12.1 Å². The number of rotatable bonds is 6. The number of ether oxygens (including phenoxy) is 2. The summed E-state index contributed by atoms with van der Waals surface area (Å²) in [6.07, 6.45) is 4.02. The molecule has 2 N–H and O–H groups in total. The maximum Gasteiger partial charge on any atom is 0.342 e. The molecule has 2 aromatic rings. The van der Waals surface area contributed by atoms with Crippen molar-refractivity contribution < 1.29 is 33.0 Å². The molecule has 0 fully saturated rings. The zero-order valence-corrected chi connectivity index (χ0v) is 20.5. The van der Waals surface area contributed by atoms with E-state index in [-0.39, 0.29) is 36.8 Å². The predicted molar refractivity (Wildman–Crippen MR) is 128 cm³/mol. The molecule has 0 bridgehead atoms. The van der Waals surface area contributed by atoms with E-state index in [4.69, 9.17) is 14.6 Å². The van der Waals surface area contributed by atoms with Crippen LogP contribution in [0.4, 0.5) is 8.78 Å². The van der Waals surface area contributed by atoms with Crippen LogP contribution in [0, 0.1) is 11.6 Å². The first-order valence-electron chi connectivity index (χ1n) is 11.4. The molecule has 0 saturated heterocycles. The number of nitrogens with zero attached hydrogens (tertiary/aromatic N) is 2. The molecule has 1 aliphatic rings. The predicted octanol–water partition coefficient (Wildman–Crippen LogP) is 3.91. The lowest BCUT2D eigenvalue weighted by atomic mass is 9.83. The maximum atomic E-state index is 13.9. The molecule has 36 heavy (non-hydrogen) atoms. The van der Waals surface area contributed by atoms with Gasteiger partial charge in [-0.15, -0.1) is 0 Å². The highest BCUT2D eigenvalue weighted by molar-refractivity contribution is 6.17. The molecule has 8 nitrogen and oxygen atoms in total. The van der Waals surface area contributed by atoms with Gasteiger partial charge in [0.15, 0.2) is 11.6 Å². The lowest BCUT2D eigenvalue weighted by Crippen LogP contribution is -2.37. The van der Waals surface area contributed by atoms with Crippen LogP contribution in [0.25, 0.3) is 5.57 Å². The molecule has 1 amide bonds. The third-order valence-corrected chi connectivity index (χ3v) is 5.33. The van der Waals surface area contributed by atoms with Gasteiger partial charge in [-0.3, -0.25) is 4.79 Å². The number of hydrogen-bond donors (Lipinski definition) is 2. The molecule has 1 aromatic heterocycles. The minimum Gasteiger partial charge on any atom is -0.475 e. The molecule has 0 aliphatic carbocycles. The summed E-state index contributed by atoms with van der Waals surface area (Å²) >= 11 is 0. The van der Waals surface area contributed by atoms with Crippen molar-refractivity contribution in [2.45, 2.75) is 39.2 Å². The second-order valence-electron chi connectivity index (χ2n) is 9.07. The number of halogens is 2. The third kappa shape index (κ3) is 6.25. The second kappa shape index (κ2) is 11.3. The molecular weight excluding hydrogens is 472 g/mol. The Morgan fingerprint density at radius 2 is 1.97 bits per heavy atom. The van der Waals surface area contributed by atoms with Crippen LogP contribution in [0.2, 0.25) is 0 Å². The van der Waals surface area contributed by atoms with Gasteiger partial charge in [-0.2, -0.15) is 0 Å². The van der Waals surface area contributed by atoms with Crippen molar-refractivity contribution >= 4 is 17.4 Å². The summed E-state index contributed by atoms with van der Waals surface area (Å²) in [7, 11) is 0. The van der Waals surface area contributed by atoms with Crippen LogP contribution in [-0.2, 0) is 14.9 Å². The maximum absolute atomic E-state index is 13.9. The summed E-state index contributed by atoms with van der Waals surface area (Å²) in [6, 6.07) is 6.09. The van der Waals surface area contributed by atoms with Crippen molar-refractivity contribution in [1.29, 1.82) is 0 Å². The molecule has 0 atom stereocenters. The van der Waals surface area contributed by atoms with Crippen LogP contribution in [0.1, 0.15) is 49.3 Å². The molecule has 0 spiro atoms. The lowest BCUT2D eigenvalue weighted by Gasteiger charge is -2.29. The Balaban J connectivity index is 2.21. The molecule has 1 aromatic carbocycles. The topological polar surface area (TPSA) is 105 Å². The summed E-state index contributed by atoms with van der Waals surface area (Å²) in [5, 5.41) is 9.08. The number of aliphatic hydroxyl groups is 1. The van der Waals surface area contributed by atoms with Crippen molar-refractivity contribution in [3.63, 3.8) is 0 Å². The summed E-state index contributed by atoms with van der Waals surface area (Å²) in [6.45, 7) is 7.04. The summed E-state index contributed by atoms with van der Waals surface area (Å²) in [5.74, 6) is -3.29. The Bertz CT molecular complexity index is 1220. The minimum absolute atomic E-state index is 0.0438. The van der Waals surface area contributed by atoms with Gasteiger partial charge in [0.1, 0.15) is 6.61 Å². The number of aromatic amines is 1. The Morgan fingerprint density at radius 3 is 2.64 bits per heavy atom. The van der Waals surface area contributed by atoms with Crippen molar-refractivity contribution in [1.82, 2.24) is 14.9 Å². The quantitative estimate of drug-likeness (QED) is 0.582. The number of benzene rings is 1. The highest BCUT2D eigenvalue weighted by Crippen LogP contribution is 2.34. The van der Waals surface area contributed by atoms with Crippen molar-refractivity contribution in [2.24, 2.45) is 0 Å². The molecule has 0 saturated carbocycles. The number of aliphatic hydroxyl groups excluding tert-OH is 1. The van der Waals surface area contributed by atoms with E-state index in [1.807, 2.05) is 13.8 Å². The molecule has 192 valence electrons. The molecule has 2 heterocycles. The van der Waals surface area contributed by atoms with E-state index in [9.17, 15) is 18.4 Å². The van der Waals surface area contributed by atoms with Gasteiger partial charge in [0, 0.05) is 47.7 Å². The molecular formula is C26H29F2N3O5. The standard InChI is InChI=1S/C26H29F2N3O5/c1-16(2)36-25(34)18-14-31(24(33)17-7-8-20(27)21(28)12-17)15-26(3,4)19-13-30-22(35-11-10-32)6-5-9-29-23(18)19/h5-9,12-14,16,29,32H,10-11,15H2,1-4H3. The number of amides is 1. The van der Waals surface area contributed by atoms with E-state index in [2.05, 4.69) is 9.97 Å². The SMILES string of the molecule is CC(C)OC(=O)C1=CN(C(=O)c2ccc(F)c(F)c2)CC(C)(C)c2cnc(OCCO)ccc[nH]c21. The number of H-pyrrole nitrogens is 1. The Hall–Kier alpha value is -3.79. The summed E-state index contributed by atoms with van der Waals surface area (Å²) in [4.78, 5) is 35.3. The molecule has 10 heteroatoms. The van der Waals surface area contributed by atoms with Gasteiger partial charge < -0.3 is 24.5 Å². The van der Waals surface area contributed by atoms with Crippen LogP contribution in [-0.4, -0.2) is 57.7 Å². The van der Waals surface area contributed by atoms with Crippen LogP contribution in [0.5, 0.6) is 5.88 Å². The van der Waals surface area contributed by atoms with E-state index in [1.165, 1.54) is 23.4 Å². The van der Waals surface area contributed by atoms with Crippen LogP contribution in [0.15, 0.2) is 48.9 Å². The zero-order chi connectivity index (χ0) is 26.5. The van der Waals surface area contributed by atoms with E-state index < -0.39 is 35.0 Å². The Labute approximate surface area is 207 Å². The van der Waals surface area contributed by atoms with Gasteiger partial charge >= 0.3 is 5.97 Å². The highest BCUT2D eigenvalue weighted by Gasteiger charge is 2.35. The summed E-state index contributed by atoms with van der Waals surface area (Å²) < 4.78 is 38.2. The minimum atomic E-state index is -1.15. The fraction of sp³-hybridized carbons (Fsp3) is 0.346. The number of hydrogen-bond acceptors (Lipinski definition) is 6. The molecule has 0 unspecified atom stereocenters. The van der Waals surface area contributed by atoms with Gasteiger partial charge in [-0.05, 0) is 38.1 Å². The van der Waals surface area contributed by atoms with Crippen molar-refractivity contribution in [3.05, 3.63) is 77.4 Å². The van der Waals surface area contributed by atoms with Crippen LogP contribution in [0.3, 0.4) is 0 Å². The van der Waals surface area contributed by atoms with Gasteiger partial charge in [0.25, 0.3) is 5.91 Å². The number of aromatic nitrogens is 2. The normalized spacial score (nSPS) is 14.3. The first kappa shape index (κ1) is 26.8.